The van der Waals surface area contributed by atoms with Gasteiger partial charge in [0.1, 0.15) is 23.1 Å². The third-order valence-corrected chi connectivity index (χ3v) is 7.48. The number of nitrogens with zero attached hydrogens (tertiary/aromatic N) is 3. The van der Waals surface area contributed by atoms with Crippen LogP contribution < -0.4 is 15.8 Å². The summed E-state index contributed by atoms with van der Waals surface area (Å²) >= 11 is 0. The number of hydrogen-bond acceptors (Lipinski definition) is 7. The first-order chi connectivity index (χ1) is 20.4. The number of aromatic nitrogens is 1. The van der Waals surface area contributed by atoms with E-state index in [4.69, 9.17) is 10.5 Å². The number of nitriles is 1. The summed E-state index contributed by atoms with van der Waals surface area (Å²) in [4.78, 5) is 33.2. The number of rotatable bonds is 7. The zero-order chi connectivity index (χ0) is 29.6. The van der Waals surface area contributed by atoms with E-state index in [1.807, 2.05) is 4.90 Å². The molecule has 0 spiro atoms. The number of benzene rings is 3. The van der Waals surface area contributed by atoms with Gasteiger partial charge in [-0.05, 0) is 79.4 Å². The molecular weight excluding hydrogens is 530 g/mol. The summed E-state index contributed by atoms with van der Waals surface area (Å²) in [6.07, 6.45) is 2.83. The molecule has 42 heavy (non-hydrogen) atoms. The Kier molecular flexibility index (Phi) is 8.46. The summed E-state index contributed by atoms with van der Waals surface area (Å²) in [5, 5.41) is 23.7. The second-order valence-electron chi connectivity index (χ2n) is 10.1. The topological polar surface area (TPSA) is 142 Å². The highest BCUT2D eigenvalue weighted by Crippen LogP contribution is 2.36. The van der Waals surface area contributed by atoms with Crippen molar-refractivity contribution in [3.8, 4) is 40.0 Å². The average molecular weight is 562 g/mol. The van der Waals surface area contributed by atoms with Crippen molar-refractivity contribution in [2.75, 3.05) is 25.5 Å². The summed E-state index contributed by atoms with van der Waals surface area (Å²) in [7, 11) is 1.54. The van der Waals surface area contributed by atoms with E-state index in [1.54, 1.807) is 72.8 Å². The molecule has 0 aliphatic carbocycles. The first-order valence-electron chi connectivity index (χ1n) is 13.7. The van der Waals surface area contributed by atoms with Gasteiger partial charge >= 0.3 is 0 Å². The number of anilines is 1. The van der Waals surface area contributed by atoms with Crippen LogP contribution in [0.15, 0.2) is 78.9 Å². The lowest BCUT2D eigenvalue weighted by atomic mass is 9.95. The highest BCUT2D eigenvalue weighted by atomic mass is 16.5. The third-order valence-electron chi connectivity index (χ3n) is 7.48. The third kappa shape index (κ3) is 5.80. The van der Waals surface area contributed by atoms with Crippen LogP contribution in [-0.4, -0.2) is 53.0 Å². The number of hydrogen-bond donors (Lipinski definition) is 3. The molecule has 1 aliphatic rings. The summed E-state index contributed by atoms with van der Waals surface area (Å²) in [6.45, 7) is 1.04. The van der Waals surface area contributed by atoms with E-state index in [9.17, 15) is 20.0 Å². The van der Waals surface area contributed by atoms with Crippen molar-refractivity contribution in [2.45, 2.75) is 25.3 Å². The first-order valence-corrected chi connectivity index (χ1v) is 13.7. The van der Waals surface area contributed by atoms with Gasteiger partial charge in [0, 0.05) is 41.4 Å². The number of carbonyl (C=O) groups is 2. The quantitative estimate of drug-likeness (QED) is 0.281. The molecule has 0 bridgehead atoms. The van der Waals surface area contributed by atoms with Crippen molar-refractivity contribution in [1.82, 2.24) is 9.88 Å². The maximum Gasteiger partial charge on any atom is 0.256 e. The summed E-state index contributed by atoms with van der Waals surface area (Å²) in [5.41, 5.74) is 8.74. The van der Waals surface area contributed by atoms with Crippen molar-refractivity contribution >= 4 is 17.6 Å². The number of nitrogens with two attached hydrogens (primary N) is 1. The molecule has 4 aromatic rings. The molecule has 4 N–H and O–H groups in total. The van der Waals surface area contributed by atoms with E-state index >= 15 is 0 Å². The second kappa shape index (κ2) is 12.5. The normalized spacial score (nSPS) is 14.6. The minimum absolute atomic E-state index is 0.00468. The van der Waals surface area contributed by atoms with Crippen molar-refractivity contribution in [2.24, 2.45) is 5.73 Å². The Labute approximate surface area is 244 Å². The van der Waals surface area contributed by atoms with E-state index in [0.717, 1.165) is 19.3 Å². The number of nitrogens with one attached hydrogen (secondary N) is 1. The standard InChI is InChI=1S/C33H31N5O4/c1-42-25-14-12-21(13-15-25)32(40)37-31-28(20-35)27(18-29(36-31)26-10-2-3-11-30(26)39)22-7-6-8-23(17-22)33(41)38-16-5-4-9-24(38)19-34/h2-3,6-8,10-15,17-18,24,39H,4-5,9,16,19,34H2,1H3,(H,36,37,40). The molecule has 3 aromatic carbocycles. The van der Waals surface area contributed by atoms with E-state index in [2.05, 4.69) is 16.4 Å². The Hall–Kier alpha value is -5.20. The molecule has 1 unspecified atom stereocenters. The smallest absolute Gasteiger partial charge is 0.256 e. The largest absolute Gasteiger partial charge is 0.507 e. The zero-order valence-electron chi connectivity index (χ0n) is 23.2. The molecule has 5 rings (SSSR count). The van der Waals surface area contributed by atoms with E-state index in [-0.39, 0.29) is 29.1 Å². The Morgan fingerprint density at radius 2 is 1.83 bits per heavy atom. The van der Waals surface area contributed by atoms with Gasteiger partial charge in [0.15, 0.2) is 5.82 Å². The number of amides is 2. The van der Waals surface area contributed by atoms with Crippen LogP contribution >= 0.6 is 0 Å². The summed E-state index contributed by atoms with van der Waals surface area (Å²) in [5.74, 6) is 0.0420. The highest BCUT2D eigenvalue weighted by Gasteiger charge is 2.27. The van der Waals surface area contributed by atoms with Crippen molar-refractivity contribution in [3.63, 3.8) is 0 Å². The van der Waals surface area contributed by atoms with Gasteiger partial charge in [-0.15, -0.1) is 0 Å². The maximum atomic E-state index is 13.5. The van der Waals surface area contributed by atoms with Gasteiger partial charge in [0.2, 0.25) is 0 Å². The molecule has 0 radical (unpaired) electrons. The predicted octanol–water partition coefficient (Wildman–Crippen LogP) is 5.21. The SMILES string of the molecule is COc1ccc(C(=O)Nc2nc(-c3ccccc3O)cc(-c3cccc(C(=O)N4CCCCC4CN)c3)c2C#N)cc1. The van der Waals surface area contributed by atoms with Gasteiger partial charge in [0.25, 0.3) is 11.8 Å². The van der Waals surface area contributed by atoms with Gasteiger partial charge in [-0.25, -0.2) is 4.98 Å². The maximum absolute atomic E-state index is 13.5. The highest BCUT2D eigenvalue weighted by molar-refractivity contribution is 6.05. The number of piperidine rings is 1. The van der Waals surface area contributed by atoms with Crippen LogP contribution in [0.5, 0.6) is 11.5 Å². The Balaban J connectivity index is 1.60. The molecule has 1 aliphatic heterocycles. The van der Waals surface area contributed by atoms with Gasteiger partial charge in [-0.1, -0.05) is 24.3 Å². The van der Waals surface area contributed by atoms with Gasteiger partial charge in [-0.2, -0.15) is 5.26 Å². The van der Waals surface area contributed by atoms with Crippen molar-refractivity contribution in [1.29, 1.82) is 5.26 Å². The number of pyridine rings is 1. The molecular formula is C33H31N5O4. The minimum Gasteiger partial charge on any atom is -0.507 e. The van der Waals surface area contributed by atoms with Crippen LogP contribution in [0.3, 0.4) is 0 Å². The van der Waals surface area contributed by atoms with E-state index < -0.39 is 5.91 Å². The Bertz CT molecular complexity index is 1660. The van der Waals surface area contributed by atoms with Crippen LogP contribution in [0.2, 0.25) is 0 Å². The van der Waals surface area contributed by atoms with Crippen molar-refractivity contribution < 1.29 is 19.4 Å². The molecule has 0 saturated carbocycles. The van der Waals surface area contributed by atoms with Crippen molar-refractivity contribution in [3.05, 3.63) is 95.6 Å². The van der Waals surface area contributed by atoms with Crippen LogP contribution in [-0.2, 0) is 0 Å². The van der Waals surface area contributed by atoms with Crippen LogP contribution in [0, 0.1) is 11.3 Å². The lowest BCUT2D eigenvalue weighted by molar-refractivity contribution is 0.0623. The molecule has 1 saturated heterocycles. The monoisotopic (exact) mass is 561 g/mol. The Morgan fingerprint density at radius 1 is 1.05 bits per heavy atom. The lowest BCUT2D eigenvalue weighted by Gasteiger charge is -2.35. The van der Waals surface area contributed by atoms with E-state index in [1.165, 1.54) is 13.2 Å². The van der Waals surface area contributed by atoms with Crippen LogP contribution in [0.4, 0.5) is 5.82 Å². The van der Waals surface area contributed by atoms with E-state index in [0.29, 0.717) is 52.4 Å². The second-order valence-corrected chi connectivity index (χ2v) is 10.1. The number of carbonyl (C=O) groups excluding carboxylic acids is 2. The van der Waals surface area contributed by atoms with Crippen LogP contribution in [0.1, 0.15) is 45.5 Å². The fraction of sp³-hybridized carbons (Fsp3) is 0.212. The molecule has 2 heterocycles. The molecule has 1 atom stereocenters. The number of methoxy groups -OCH3 is 1. The molecule has 212 valence electrons. The zero-order valence-corrected chi connectivity index (χ0v) is 23.2. The lowest BCUT2D eigenvalue weighted by Crippen LogP contribution is -2.47. The van der Waals surface area contributed by atoms with Crippen LogP contribution in [0.25, 0.3) is 22.4 Å². The molecule has 1 aromatic heterocycles. The van der Waals surface area contributed by atoms with Gasteiger partial charge < -0.3 is 25.8 Å². The molecule has 9 heteroatoms. The summed E-state index contributed by atoms with van der Waals surface area (Å²) < 4.78 is 5.18. The number of aromatic hydroxyl groups is 1. The minimum atomic E-state index is -0.469. The molecule has 2 amide bonds. The number of para-hydroxylation sites is 1. The Morgan fingerprint density at radius 3 is 2.55 bits per heavy atom. The fourth-order valence-corrected chi connectivity index (χ4v) is 5.23. The average Bonchev–Trinajstić information content (AvgIpc) is 3.04. The number of ether oxygens (including phenoxy) is 1. The predicted molar refractivity (Wildman–Crippen MR) is 160 cm³/mol. The fourth-order valence-electron chi connectivity index (χ4n) is 5.23. The number of likely N-dealkylation sites (tertiary alicyclic amines) is 1. The first kappa shape index (κ1) is 28.3. The molecule has 1 fully saturated rings. The van der Waals surface area contributed by atoms with Gasteiger partial charge in [0.05, 0.1) is 12.8 Å². The summed E-state index contributed by atoms with van der Waals surface area (Å²) in [6, 6.07) is 24.1. The van der Waals surface area contributed by atoms with Gasteiger partial charge in [-0.3, -0.25) is 9.59 Å². The number of phenolic OH excluding ortho intramolecular Hbond substituents is 1. The molecule has 9 nitrogen and oxygen atoms in total. The number of phenols is 1.